The van der Waals surface area contributed by atoms with Gasteiger partial charge in [0, 0.05) is 55.8 Å². The van der Waals surface area contributed by atoms with Crippen molar-refractivity contribution in [1.29, 1.82) is 0 Å². The van der Waals surface area contributed by atoms with E-state index < -0.39 is 0 Å². The lowest BCUT2D eigenvalue weighted by atomic mass is 9.94. The molecule has 0 radical (unpaired) electrons. The van der Waals surface area contributed by atoms with Crippen molar-refractivity contribution >= 4 is 74.1 Å². The van der Waals surface area contributed by atoms with Crippen molar-refractivity contribution in [2.24, 2.45) is 7.05 Å². The molecule has 4 rings (SSSR count). The van der Waals surface area contributed by atoms with E-state index in [2.05, 4.69) is 63.7 Å². The Morgan fingerprint density at radius 2 is 1.95 bits per heavy atom. The minimum atomic E-state index is -0.0679. The number of benzene rings is 1. The van der Waals surface area contributed by atoms with E-state index in [9.17, 15) is 4.79 Å². The zero-order valence-corrected chi connectivity index (χ0v) is 25.8. The number of rotatable bonds is 13. The number of amides is 1. The van der Waals surface area contributed by atoms with Crippen LogP contribution >= 0.6 is 46.3 Å². The van der Waals surface area contributed by atoms with Gasteiger partial charge in [0.25, 0.3) is 0 Å². The number of oxazole rings is 1. The molecule has 3 aromatic heterocycles. The van der Waals surface area contributed by atoms with Crippen molar-refractivity contribution in [3.05, 3.63) is 48.1 Å². The number of hydrogen-bond acceptors (Lipinski definition) is 8. The van der Waals surface area contributed by atoms with E-state index >= 15 is 0 Å². The largest absolute Gasteiger partial charge is 0.444 e. The second kappa shape index (κ2) is 13.4. The van der Waals surface area contributed by atoms with Crippen LogP contribution in [0, 0.1) is 0 Å². The van der Waals surface area contributed by atoms with E-state index in [0.29, 0.717) is 47.8 Å². The minimum absolute atomic E-state index is 0.0535. The number of nitrogens with zero attached hydrogens (tertiary/aromatic N) is 5. The summed E-state index contributed by atoms with van der Waals surface area (Å²) in [5, 5.41) is 3.51. The molecule has 0 fully saturated rings. The Balaban J connectivity index is 1.26. The SMILES string of the molecule is Cn1c(CCCC(=O)Nc2ncc(SCc3ncc(C(C)(C)C)o3)s2)nc2cc(N(CCCl)CCCl)ccc21. The lowest BCUT2D eigenvalue weighted by Crippen LogP contribution is -2.27. The van der Waals surface area contributed by atoms with Gasteiger partial charge in [-0.25, -0.2) is 15.0 Å². The van der Waals surface area contributed by atoms with Crippen molar-refractivity contribution in [2.75, 3.05) is 35.1 Å². The molecule has 39 heavy (non-hydrogen) atoms. The normalized spacial score (nSPS) is 11.8. The van der Waals surface area contributed by atoms with Crippen LogP contribution in [0.25, 0.3) is 11.0 Å². The first kappa shape index (κ1) is 29.7. The Labute approximate surface area is 247 Å². The summed E-state index contributed by atoms with van der Waals surface area (Å²) in [5.41, 5.74) is 2.98. The van der Waals surface area contributed by atoms with Crippen molar-refractivity contribution in [1.82, 2.24) is 19.5 Å². The third-order valence-electron chi connectivity index (χ3n) is 6.20. The van der Waals surface area contributed by atoms with Crippen LogP contribution in [-0.2, 0) is 29.4 Å². The van der Waals surface area contributed by atoms with Gasteiger partial charge in [0.05, 0.1) is 33.4 Å². The van der Waals surface area contributed by atoms with E-state index in [1.165, 1.54) is 11.3 Å². The maximum Gasteiger partial charge on any atom is 0.226 e. The fraction of sp³-hybridized carbons (Fsp3) is 0.481. The number of thiazole rings is 1. The molecule has 0 atom stereocenters. The lowest BCUT2D eigenvalue weighted by molar-refractivity contribution is -0.116. The van der Waals surface area contributed by atoms with E-state index in [1.807, 2.05) is 7.05 Å². The number of fused-ring (bicyclic) bond motifs is 1. The number of alkyl halides is 2. The van der Waals surface area contributed by atoms with Crippen LogP contribution in [-0.4, -0.2) is 50.3 Å². The molecule has 1 N–H and O–H groups in total. The predicted molar refractivity (Wildman–Crippen MR) is 163 cm³/mol. The van der Waals surface area contributed by atoms with Gasteiger partial charge < -0.3 is 19.2 Å². The smallest absolute Gasteiger partial charge is 0.226 e. The van der Waals surface area contributed by atoms with Crippen LogP contribution in [0.1, 0.15) is 51.1 Å². The Morgan fingerprint density at radius 3 is 2.64 bits per heavy atom. The third kappa shape index (κ3) is 7.90. The van der Waals surface area contributed by atoms with Gasteiger partial charge in [-0.3, -0.25) is 4.79 Å². The fourth-order valence-corrected chi connectivity index (χ4v) is 6.21. The highest BCUT2D eigenvalue weighted by Crippen LogP contribution is 2.32. The Morgan fingerprint density at radius 1 is 1.18 bits per heavy atom. The number of aromatic nitrogens is 4. The van der Waals surface area contributed by atoms with E-state index in [0.717, 1.165) is 45.6 Å². The van der Waals surface area contributed by atoms with Crippen LogP contribution < -0.4 is 10.2 Å². The molecule has 210 valence electrons. The van der Waals surface area contributed by atoms with Crippen molar-refractivity contribution in [2.45, 2.75) is 55.4 Å². The number of imidazole rings is 1. The number of anilines is 2. The highest BCUT2D eigenvalue weighted by atomic mass is 35.5. The highest BCUT2D eigenvalue weighted by molar-refractivity contribution is 8.00. The second-order valence-corrected chi connectivity index (χ2v) is 13.2. The maximum atomic E-state index is 12.6. The van der Waals surface area contributed by atoms with Crippen molar-refractivity contribution in [3.8, 4) is 0 Å². The quantitative estimate of drug-likeness (QED) is 0.131. The number of hydrogen-bond donors (Lipinski definition) is 1. The Hall–Kier alpha value is -2.27. The van der Waals surface area contributed by atoms with Crippen LogP contribution in [0.5, 0.6) is 0 Å². The van der Waals surface area contributed by atoms with E-state index in [-0.39, 0.29) is 11.3 Å². The van der Waals surface area contributed by atoms with Gasteiger partial charge in [-0.2, -0.15) is 0 Å². The summed E-state index contributed by atoms with van der Waals surface area (Å²) in [5.74, 6) is 4.13. The van der Waals surface area contributed by atoms with Gasteiger partial charge in [-0.05, 0) is 24.6 Å². The molecule has 4 aromatic rings. The molecule has 12 heteroatoms. The molecule has 0 saturated carbocycles. The summed E-state index contributed by atoms with van der Waals surface area (Å²) in [6.45, 7) is 7.75. The van der Waals surface area contributed by atoms with Gasteiger partial charge >= 0.3 is 0 Å². The topological polar surface area (TPSA) is 89.1 Å². The standard InChI is InChI=1S/C27H34Cl2N6O2S2/c1-27(2,3)21-15-30-24(37-21)17-38-25-16-31-26(39-25)33-23(36)7-5-6-22-32-19-14-18(8-9-20(19)34(22)4)35(12-10-28)13-11-29/h8-9,14-16H,5-7,10-13,17H2,1-4H3,(H,31,33,36). The number of carbonyl (C=O) groups is 1. The fourth-order valence-electron chi connectivity index (χ4n) is 4.06. The summed E-state index contributed by atoms with van der Waals surface area (Å²) in [6.07, 6.45) is 5.34. The molecule has 0 aliphatic carbocycles. The van der Waals surface area contributed by atoms with E-state index in [4.69, 9.17) is 32.6 Å². The first-order valence-corrected chi connectivity index (χ1v) is 15.7. The zero-order valence-electron chi connectivity index (χ0n) is 22.7. The molecule has 1 aromatic carbocycles. The number of thioether (sulfide) groups is 1. The molecule has 0 bridgehead atoms. The number of halogens is 2. The number of aryl methyl sites for hydroxylation is 2. The average Bonchev–Trinajstić information content (AvgIpc) is 3.62. The summed E-state index contributed by atoms with van der Waals surface area (Å²) in [6, 6.07) is 6.23. The third-order valence-corrected chi connectivity index (χ3v) is 8.63. The van der Waals surface area contributed by atoms with E-state index in [1.54, 1.807) is 24.2 Å². The van der Waals surface area contributed by atoms with Crippen molar-refractivity contribution < 1.29 is 9.21 Å². The van der Waals surface area contributed by atoms with Gasteiger partial charge in [0.1, 0.15) is 11.6 Å². The van der Waals surface area contributed by atoms with Gasteiger partial charge in [-0.1, -0.05) is 32.1 Å². The summed E-state index contributed by atoms with van der Waals surface area (Å²) in [7, 11) is 2.01. The maximum absolute atomic E-state index is 12.6. The lowest BCUT2D eigenvalue weighted by Gasteiger charge is -2.22. The van der Waals surface area contributed by atoms with Crippen LogP contribution in [0.2, 0.25) is 0 Å². The summed E-state index contributed by atoms with van der Waals surface area (Å²) >= 11 is 15.0. The highest BCUT2D eigenvalue weighted by Gasteiger charge is 2.19. The predicted octanol–water partition coefficient (Wildman–Crippen LogP) is 6.85. The molecule has 0 aliphatic rings. The van der Waals surface area contributed by atoms with Gasteiger partial charge in [0.15, 0.2) is 5.13 Å². The number of nitrogens with one attached hydrogen (secondary N) is 1. The minimum Gasteiger partial charge on any atom is -0.444 e. The van der Waals surface area contributed by atoms with Crippen molar-refractivity contribution in [3.63, 3.8) is 0 Å². The van der Waals surface area contributed by atoms with Gasteiger partial charge in [-0.15, -0.1) is 35.0 Å². The van der Waals surface area contributed by atoms with Gasteiger partial charge in [0.2, 0.25) is 11.8 Å². The van der Waals surface area contributed by atoms with Crippen LogP contribution in [0.3, 0.4) is 0 Å². The molecular formula is C27H34Cl2N6O2S2. The molecule has 0 aliphatic heterocycles. The summed E-state index contributed by atoms with van der Waals surface area (Å²) in [4.78, 5) is 28.3. The number of carbonyl (C=O) groups excluding carboxylic acids is 1. The monoisotopic (exact) mass is 608 g/mol. The van der Waals surface area contributed by atoms with Crippen LogP contribution in [0.4, 0.5) is 10.8 Å². The molecule has 0 unspecified atom stereocenters. The molecule has 0 spiro atoms. The Kier molecular flexibility index (Phi) is 10.2. The molecule has 8 nitrogen and oxygen atoms in total. The van der Waals surface area contributed by atoms with Crippen LogP contribution in [0.15, 0.2) is 39.2 Å². The molecule has 3 heterocycles. The Bertz CT molecular complexity index is 1390. The second-order valence-electron chi connectivity index (χ2n) is 10.2. The average molecular weight is 610 g/mol. The molecule has 1 amide bonds. The first-order valence-electron chi connectivity index (χ1n) is 12.8. The molecule has 0 saturated heterocycles. The zero-order chi connectivity index (χ0) is 28.0. The first-order chi connectivity index (χ1) is 18.7. The molecular weight excluding hydrogens is 575 g/mol. The summed E-state index contributed by atoms with van der Waals surface area (Å²) < 4.78 is 8.94.